The normalized spacial score (nSPS) is 9.85. The molecule has 5 heteroatoms. The first-order valence-electron chi connectivity index (χ1n) is 3.53. The van der Waals surface area contributed by atoms with Gasteiger partial charge in [-0.25, -0.2) is 8.78 Å². The molecular weight excluding hydrogens is 177 g/mol. The van der Waals surface area contributed by atoms with Gasteiger partial charge < -0.3 is 10.0 Å². The first-order valence-corrected chi connectivity index (χ1v) is 3.53. The van der Waals surface area contributed by atoms with Gasteiger partial charge in [0, 0.05) is 0 Å². The van der Waals surface area contributed by atoms with Gasteiger partial charge in [0.2, 0.25) is 0 Å². The lowest BCUT2D eigenvalue weighted by molar-refractivity contribution is 0.419. The zero-order chi connectivity index (χ0) is 10.0. The maximum absolute atomic E-state index is 12.9. The first kappa shape index (κ1) is 9.89. The van der Waals surface area contributed by atoms with Crippen LogP contribution in [0.25, 0.3) is 6.08 Å². The van der Waals surface area contributed by atoms with E-state index in [4.69, 9.17) is 10.0 Å². The second-order valence-corrected chi connectivity index (χ2v) is 2.48. The summed E-state index contributed by atoms with van der Waals surface area (Å²) >= 11 is 0. The molecule has 0 aliphatic carbocycles. The van der Waals surface area contributed by atoms with Gasteiger partial charge in [-0.15, -0.1) is 0 Å². The zero-order valence-electron chi connectivity index (χ0n) is 6.67. The lowest BCUT2D eigenvalue weighted by Crippen LogP contribution is -2.35. The molecule has 1 aromatic carbocycles. The van der Waals surface area contributed by atoms with Crippen molar-refractivity contribution in [3.63, 3.8) is 0 Å². The maximum Gasteiger partial charge on any atom is 0.494 e. The standard InChI is InChI=1S/C8H7BF2O2/c1-2-5-3-6(10)8(9(12)13)7(11)4-5/h2-4,12-13H,1H2. The van der Waals surface area contributed by atoms with Gasteiger partial charge >= 0.3 is 7.12 Å². The maximum atomic E-state index is 12.9. The molecule has 68 valence electrons. The predicted molar refractivity (Wildman–Crippen MR) is 46.3 cm³/mol. The Morgan fingerprint density at radius 1 is 1.23 bits per heavy atom. The third-order valence-corrected chi connectivity index (χ3v) is 1.60. The molecule has 0 aliphatic rings. The predicted octanol–water partition coefficient (Wildman–Crippen LogP) is 0.288. The van der Waals surface area contributed by atoms with Crippen LogP contribution in [-0.4, -0.2) is 17.2 Å². The second-order valence-electron chi connectivity index (χ2n) is 2.48. The number of benzene rings is 1. The fourth-order valence-electron chi connectivity index (χ4n) is 0.968. The third kappa shape index (κ3) is 1.94. The van der Waals surface area contributed by atoms with E-state index in [1.807, 2.05) is 0 Å². The van der Waals surface area contributed by atoms with E-state index in [1.165, 1.54) is 6.08 Å². The molecule has 0 saturated heterocycles. The summed E-state index contributed by atoms with van der Waals surface area (Å²) in [6.07, 6.45) is 1.26. The highest BCUT2D eigenvalue weighted by Gasteiger charge is 2.21. The van der Waals surface area contributed by atoms with E-state index in [-0.39, 0.29) is 5.56 Å². The fraction of sp³-hybridized carbons (Fsp3) is 0. The number of hydrogen-bond donors (Lipinski definition) is 2. The Morgan fingerprint density at radius 2 is 1.69 bits per heavy atom. The summed E-state index contributed by atoms with van der Waals surface area (Å²) in [5.74, 6) is -1.99. The van der Waals surface area contributed by atoms with E-state index in [2.05, 4.69) is 6.58 Å². The van der Waals surface area contributed by atoms with Gasteiger partial charge in [-0.3, -0.25) is 0 Å². The van der Waals surface area contributed by atoms with Gasteiger partial charge in [0.25, 0.3) is 0 Å². The fourth-order valence-corrected chi connectivity index (χ4v) is 0.968. The third-order valence-electron chi connectivity index (χ3n) is 1.60. The van der Waals surface area contributed by atoms with Crippen LogP contribution in [0.5, 0.6) is 0 Å². The SMILES string of the molecule is C=Cc1cc(F)c(B(O)O)c(F)c1. The number of halogens is 2. The van der Waals surface area contributed by atoms with Gasteiger partial charge in [0.15, 0.2) is 0 Å². The van der Waals surface area contributed by atoms with Crippen LogP contribution < -0.4 is 5.46 Å². The molecule has 0 spiro atoms. The summed E-state index contributed by atoms with van der Waals surface area (Å²) in [6.45, 7) is 3.33. The molecule has 13 heavy (non-hydrogen) atoms. The van der Waals surface area contributed by atoms with Crippen molar-refractivity contribution in [2.24, 2.45) is 0 Å². The minimum absolute atomic E-state index is 0.249. The molecule has 0 atom stereocenters. The van der Waals surface area contributed by atoms with E-state index < -0.39 is 24.2 Å². The molecule has 0 aliphatic heterocycles. The second kappa shape index (κ2) is 3.68. The van der Waals surface area contributed by atoms with Crippen molar-refractivity contribution in [1.82, 2.24) is 0 Å². The lowest BCUT2D eigenvalue weighted by Gasteiger charge is -2.04. The van der Waals surface area contributed by atoms with Gasteiger partial charge in [0.1, 0.15) is 11.6 Å². The number of hydrogen-bond acceptors (Lipinski definition) is 2. The zero-order valence-corrected chi connectivity index (χ0v) is 6.67. The summed E-state index contributed by atoms with van der Waals surface area (Å²) < 4.78 is 25.9. The van der Waals surface area contributed by atoms with Crippen molar-refractivity contribution in [3.8, 4) is 0 Å². The summed E-state index contributed by atoms with van der Waals surface area (Å²) in [4.78, 5) is 0. The Balaban J connectivity index is 3.31. The quantitative estimate of drug-likeness (QED) is 0.648. The van der Waals surface area contributed by atoms with Crippen LogP contribution in [0.2, 0.25) is 0 Å². The Kier molecular flexibility index (Phi) is 2.80. The van der Waals surface area contributed by atoms with Crippen molar-refractivity contribution in [2.75, 3.05) is 0 Å². The van der Waals surface area contributed by atoms with E-state index in [1.54, 1.807) is 0 Å². The lowest BCUT2D eigenvalue weighted by atomic mass is 9.79. The van der Waals surface area contributed by atoms with E-state index in [0.29, 0.717) is 0 Å². The smallest absolute Gasteiger partial charge is 0.423 e. The molecule has 1 aromatic rings. The van der Waals surface area contributed by atoms with Crippen LogP contribution in [0.1, 0.15) is 5.56 Å². The molecule has 0 bridgehead atoms. The van der Waals surface area contributed by atoms with Crippen LogP contribution >= 0.6 is 0 Å². The average Bonchev–Trinajstić information content (AvgIpc) is 2.02. The largest absolute Gasteiger partial charge is 0.494 e. The molecule has 0 heterocycles. The summed E-state index contributed by atoms with van der Waals surface area (Å²) in [5.41, 5.74) is -0.495. The Morgan fingerprint density at radius 3 is 2.00 bits per heavy atom. The first-order chi connectivity index (χ1) is 6.06. The molecule has 0 unspecified atom stereocenters. The molecule has 0 fully saturated rings. The van der Waals surface area contributed by atoms with Gasteiger partial charge in [-0.1, -0.05) is 12.7 Å². The highest BCUT2D eigenvalue weighted by molar-refractivity contribution is 6.58. The molecule has 2 N–H and O–H groups in total. The van der Waals surface area contributed by atoms with Crippen LogP contribution in [0.15, 0.2) is 18.7 Å². The summed E-state index contributed by atoms with van der Waals surface area (Å²) in [5, 5.41) is 17.2. The van der Waals surface area contributed by atoms with Crippen molar-refractivity contribution in [3.05, 3.63) is 35.9 Å². The number of rotatable bonds is 2. The average molecular weight is 184 g/mol. The van der Waals surface area contributed by atoms with Gasteiger partial charge in [0.05, 0.1) is 5.46 Å². The van der Waals surface area contributed by atoms with E-state index in [9.17, 15) is 8.78 Å². The monoisotopic (exact) mass is 184 g/mol. The molecule has 0 amide bonds. The van der Waals surface area contributed by atoms with Crippen LogP contribution in [0, 0.1) is 11.6 Å². The van der Waals surface area contributed by atoms with Gasteiger partial charge in [-0.2, -0.15) is 0 Å². The van der Waals surface area contributed by atoms with Crippen molar-refractivity contribution < 1.29 is 18.8 Å². The molecule has 0 saturated carbocycles. The minimum atomic E-state index is -2.14. The molecule has 2 nitrogen and oxygen atoms in total. The summed E-state index contributed by atoms with van der Waals surface area (Å²) in [7, 11) is -2.14. The Labute approximate surface area is 74.3 Å². The summed E-state index contributed by atoms with van der Waals surface area (Å²) in [6, 6.07) is 1.95. The highest BCUT2D eigenvalue weighted by Crippen LogP contribution is 2.07. The highest BCUT2D eigenvalue weighted by atomic mass is 19.1. The molecule has 0 radical (unpaired) electrons. The van der Waals surface area contributed by atoms with Crippen LogP contribution in [-0.2, 0) is 0 Å². The van der Waals surface area contributed by atoms with Crippen LogP contribution in [0.3, 0.4) is 0 Å². The van der Waals surface area contributed by atoms with E-state index >= 15 is 0 Å². The van der Waals surface area contributed by atoms with Crippen molar-refractivity contribution in [2.45, 2.75) is 0 Å². The van der Waals surface area contributed by atoms with Crippen molar-refractivity contribution in [1.29, 1.82) is 0 Å². The van der Waals surface area contributed by atoms with Crippen LogP contribution in [0.4, 0.5) is 8.78 Å². The van der Waals surface area contributed by atoms with Gasteiger partial charge in [-0.05, 0) is 17.7 Å². The molecular formula is C8H7BF2O2. The molecule has 1 rings (SSSR count). The van der Waals surface area contributed by atoms with E-state index in [0.717, 1.165) is 12.1 Å². The topological polar surface area (TPSA) is 40.5 Å². The molecule has 0 aromatic heterocycles. The Bertz CT molecular complexity index is 316. The Hall–Kier alpha value is -1.20. The van der Waals surface area contributed by atoms with Crippen molar-refractivity contribution >= 4 is 18.7 Å². The minimum Gasteiger partial charge on any atom is -0.423 e.